The van der Waals surface area contributed by atoms with Crippen LogP contribution in [0.5, 0.6) is 5.75 Å². The van der Waals surface area contributed by atoms with Crippen molar-refractivity contribution in [2.45, 2.75) is 19.4 Å². The molecule has 0 saturated heterocycles. The maximum absolute atomic E-state index is 11.8. The molecule has 0 aliphatic rings. The molecule has 0 fully saturated rings. The molecule has 0 bridgehead atoms. The molecule has 0 radical (unpaired) electrons. The van der Waals surface area contributed by atoms with Crippen molar-refractivity contribution in [3.8, 4) is 5.75 Å². The van der Waals surface area contributed by atoms with Crippen LogP contribution in [0.3, 0.4) is 0 Å². The Morgan fingerprint density at radius 3 is 2.48 bits per heavy atom. The lowest BCUT2D eigenvalue weighted by Gasteiger charge is -2.22. The van der Waals surface area contributed by atoms with Crippen LogP contribution >= 0.6 is 0 Å². The van der Waals surface area contributed by atoms with E-state index in [4.69, 9.17) is 15.6 Å². The van der Waals surface area contributed by atoms with Crippen LogP contribution in [0.4, 0.5) is 10.5 Å². The summed E-state index contributed by atoms with van der Waals surface area (Å²) in [6.45, 7) is 2.39. The van der Waals surface area contributed by atoms with Crippen LogP contribution in [0.25, 0.3) is 0 Å². The molecule has 0 aliphatic heterocycles. The van der Waals surface area contributed by atoms with Gasteiger partial charge in [0.1, 0.15) is 11.3 Å². The molecular formula is C13H17N3O5. The van der Waals surface area contributed by atoms with Crippen LogP contribution in [0.1, 0.15) is 13.8 Å². The van der Waals surface area contributed by atoms with Gasteiger partial charge in [0.2, 0.25) is 5.91 Å². The molecule has 1 aromatic carbocycles. The number of hydrogen-bond acceptors (Lipinski definition) is 4. The number of nitrogens with two attached hydrogens (primary N) is 1. The molecule has 1 rings (SSSR count). The zero-order valence-electron chi connectivity index (χ0n) is 11.7. The van der Waals surface area contributed by atoms with E-state index < -0.39 is 30.1 Å². The quantitative estimate of drug-likeness (QED) is 0.608. The minimum absolute atomic E-state index is 0.201. The fourth-order valence-electron chi connectivity index (χ4n) is 1.33. The second kappa shape index (κ2) is 6.60. The van der Waals surface area contributed by atoms with Crippen LogP contribution in [-0.2, 0) is 9.59 Å². The Labute approximate surface area is 121 Å². The SMILES string of the molecule is CC(C)(NC(=O)Nc1ccccc1OCC(=O)O)C(N)=O. The number of ether oxygens (including phenoxy) is 1. The highest BCUT2D eigenvalue weighted by atomic mass is 16.5. The molecule has 1 aromatic rings. The van der Waals surface area contributed by atoms with Crippen LogP contribution in [-0.4, -0.2) is 35.2 Å². The molecular weight excluding hydrogens is 278 g/mol. The van der Waals surface area contributed by atoms with Gasteiger partial charge in [-0.15, -0.1) is 0 Å². The number of hydrogen-bond donors (Lipinski definition) is 4. The van der Waals surface area contributed by atoms with Gasteiger partial charge in [-0.1, -0.05) is 12.1 Å². The van der Waals surface area contributed by atoms with E-state index in [-0.39, 0.29) is 11.4 Å². The molecule has 0 aromatic heterocycles. The Bertz CT molecular complexity index is 556. The average Bonchev–Trinajstić information content (AvgIpc) is 2.36. The number of anilines is 1. The molecule has 0 atom stereocenters. The number of nitrogens with one attached hydrogen (secondary N) is 2. The third-order valence-corrected chi connectivity index (χ3v) is 2.53. The van der Waals surface area contributed by atoms with Crippen molar-refractivity contribution < 1.29 is 24.2 Å². The van der Waals surface area contributed by atoms with Gasteiger partial charge in [-0.25, -0.2) is 9.59 Å². The minimum atomic E-state index is -1.22. The van der Waals surface area contributed by atoms with Gasteiger partial charge in [0.25, 0.3) is 0 Å². The van der Waals surface area contributed by atoms with Crippen molar-refractivity contribution in [3.05, 3.63) is 24.3 Å². The first kappa shape index (κ1) is 16.3. The van der Waals surface area contributed by atoms with E-state index >= 15 is 0 Å². The number of carboxylic acids is 1. The molecule has 114 valence electrons. The first-order valence-electron chi connectivity index (χ1n) is 6.05. The number of para-hydroxylation sites is 2. The molecule has 0 heterocycles. The number of aliphatic carboxylic acids is 1. The molecule has 0 unspecified atom stereocenters. The summed E-state index contributed by atoms with van der Waals surface area (Å²) in [5.41, 5.74) is 4.20. The Morgan fingerprint density at radius 2 is 1.90 bits per heavy atom. The maximum atomic E-state index is 11.8. The van der Waals surface area contributed by atoms with Gasteiger partial charge in [-0.3, -0.25) is 4.79 Å². The molecule has 21 heavy (non-hydrogen) atoms. The largest absolute Gasteiger partial charge is 0.480 e. The van der Waals surface area contributed by atoms with E-state index in [0.717, 1.165) is 0 Å². The third kappa shape index (κ3) is 5.01. The molecule has 8 nitrogen and oxygen atoms in total. The standard InChI is InChI=1S/C13H17N3O5/c1-13(2,11(14)19)16-12(20)15-8-5-3-4-6-9(8)21-7-10(17)18/h3-6H,7H2,1-2H3,(H2,14,19)(H,17,18)(H2,15,16,20). The smallest absolute Gasteiger partial charge is 0.341 e. The van der Waals surface area contributed by atoms with Crippen molar-refractivity contribution in [1.82, 2.24) is 5.32 Å². The van der Waals surface area contributed by atoms with Crippen LogP contribution < -0.4 is 21.1 Å². The van der Waals surface area contributed by atoms with Crippen molar-refractivity contribution in [3.63, 3.8) is 0 Å². The number of primary amides is 1. The van der Waals surface area contributed by atoms with Gasteiger partial charge in [0.15, 0.2) is 6.61 Å². The Kier molecular flexibility index (Phi) is 5.12. The van der Waals surface area contributed by atoms with Crippen molar-refractivity contribution in [2.24, 2.45) is 5.73 Å². The highest BCUT2D eigenvalue weighted by Gasteiger charge is 2.27. The lowest BCUT2D eigenvalue weighted by atomic mass is 10.1. The van der Waals surface area contributed by atoms with Gasteiger partial charge >= 0.3 is 12.0 Å². The average molecular weight is 295 g/mol. The summed E-state index contributed by atoms with van der Waals surface area (Å²) < 4.78 is 5.04. The summed E-state index contributed by atoms with van der Waals surface area (Å²) in [6, 6.07) is 5.66. The van der Waals surface area contributed by atoms with Crippen molar-refractivity contribution in [1.29, 1.82) is 0 Å². The fraction of sp³-hybridized carbons (Fsp3) is 0.308. The topological polar surface area (TPSA) is 131 Å². The number of urea groups is 1. The summed E-state index contributed by atoms with van der Waals surface area (Å²) in [7, 11) is 0. The summed E-state index contributed by atoms with van der Waals surface area (Å²) in [5, 5.41) is 13.5. The predicted octanol–water partition coefficient (Wildman–Crippen LogP) is 0.535. The summed E-state index contributed by atoms with van der Waals surface area (Å²) in [4.78, 5) is 33.5. The molecule has 3 amide bonds. The zero-order chi connectivity index (χ0) is 16.0. The van der Waals surface area contributed by atoms with Gasteiger partial charge in [-0.2, -0.15) is 0 Å². The van der Waals surface area contributed by atoms with E-state index in [1.165, 1.54) is 26.0 Å². The number of carboxylic acid groups (broad SMARTS) is 1. The number of carbonyl (C=O) groups is 3. The molecule has 8 heteroatoms. The monoisotopic (exact) mass is 295 g/mol. The predicted molar refractivity (Wildman–Crippen MR) is 75.0 cm³/mol. The molecule has 5 N–H and O–H groups in total. The second-order valence-electron chi connectivity index (χ2n) is 4.75. The van der Waals surface area contributed by atoms with Crippen molar-refractivity contribution >= 4 is 23.6 Å². The lowest BCUT2D eigenvalue weighted by Crippen LogP contribution is -2.54. The number of carbonyl (C=O) groups excluding carboxylic acids is 2. The van der Waals surface area contributed by atoms with E-state index in [2.05, 4.69) is 10.6 Å². The summed E-state index contributed by atoms with van der Waals surface area (Å²) in [5.74, 6) is -1.62. The van der Waals surface area contributed by atoms with Crippen LogP contribution in [0.15, 0.2) is 24.3 Å². The lowest BCUT2D eigenvalue weighted by molar-refractivity contribution is -0.139. The highest BCUT2D eigenvalue weighted by Crippen LogP contribution is 2.23. The van der Waals surface area contributed by atoms with Gasteiger partial charge in [-0.05, 0) is 26.0 Å². The van der Waals surface area contributed by atoms with Gasteiger partial charge in [0.05, 0.1) is 5.69 Å². The van der Waals surface area contributed by atoms with E-state index in [1.807, 2.05) is 0 Å². The number of benzene rings is 1. The summed E-state index contributed by atoms with van der Waals surface area (Å²) >= 11 is 0. The van der Waals surface area contributed by atoms with Crippen LogP contribution in [0.2, 0.25) is 0 Å². The number of rotatable bonds is 6. The normalized spacial score (nSPS) is 10.6. The van der Waals surface area contributed by atoms with Gasteiger partial charge < -0.3 is 26.2 Å². The van der Waals surface area contributed by atoms with E-state index in [1.54, 1.807) is 12.1 Å². The zero-order valence-corrected chi connectivity index (χ0v) is 11.7. The first-order valence-corrected chi connectivity index (χ1v) is 6.05. The molecule has 0 aliphatic carbocycles. The maximum Gasteiger partial charge on any atom is 0.341 e. The van der Waals surface area contributed by atoms with E-state index in [0.29, 0.717) is 0 Å². The Balaban J connectivity index is 2.76. The highest BCUT2D eigenvalue weighted by molar-refractivity contribution is 5.95. The molecule has 0 spiro atoms. The second-order valence-corrected chi connectivity index (χ2v) is 4.75. The van der Waals surface area contributed by atoms with Gasteiger partial charge in [0, 0.05) is 0 Å². The Hall–Kier alpha value is -2.77. The third-order valence-electron chi connectivity index (χ3n) is 2.53. The van der Waals surface area contributed by atoms with Crippen molar-refractivity contribution in [2.75, 3.05) is 11.9 Å². The minimum Gasteiger partial charge on any atom is -0.480 e. The first-order chi connectivity index (χ1) is 9.72. The Morgan fingerprint density at radius 1 is 1.29 bits per heavy atom. The molecule has 0 saturated carbocycles. The van der Waals surface area contributed by atoms with E-state index in [9.17, 15) is 14.4 Å². The number of amides is 3. The summed E-state index contributed by atoms with van der Waals surface area (Å²) in [6.07, 6.45) is 0. The fourth-order valence-corrected chi connectivity index (χ4v) is 1.33. The van der Waals surface area contributed by atoms with Crippen LogP contribution in [0, 0.1) is 0 Å².